The fraction of sp³-hybridized carbons (Fsp3) is 0.625. The van der Waals surface area contributed by atoms with E-state index in [9.17, 15) is 13.6 Å². The Morgan fingerprint density at radius 3 is 2.85 bits per heavy atom. The van der Waals surface area contributed by atoms with Crippen molar-refractivity contribution in [3.05, 3.63) is 34.6 Å². The van der Waals surface area contributed by atoms with E-state index in [2.05, 4.69) is 20.3 Å². The summed E-state index contributed by atoms with van der Waals surface area (Å²) in [4.78, 5) is 20.2. The van der Waals surface area contributed by atoms with Crippen molar-refractivity contribution in [1.29, 1.82) is 0 Å². The molecule has 34 heavy (non-hydrogen) atoms. The van der Waals surface area contributed by atoms with Crippen LogP contribution < -0.4 is 10.1 Å². The number of aromatic nitrogens is 3. The smallest absolute Gasteiger partial charge is 0.278 e. The van der Waals surface area contributed by atoms with Crippen LogP contribution in [-0.4, -0.2) is 57.2 Å². The second-order valence-corrected chi connectivity index (χ2v) is 10.6. The number of alkyl halides is 2. The standard InChI is InChI=1S/C24H33F2N5O2S/c1-24(25,26)16-33-23-29-20-15-31(12-10-21(20)34-23)11-9-17-3-6-19(7-4-17)28-22(32)8-5-18-13-27-30(2)14-18/h5,8,13-14,17,19H,3-4,6-7,9-12,15-16H2,1-2H3,(H,28,32)/b8-5+/t17-,19-. The van der Waals surface area contributed by atoms with Crippen molar-refractivity contribution in [2.45, 2.75) is 64.0 Å². The number of thiazole rings is 1. The summed E-state index contributed by atoms with van der Waals surface area (Å²) in [5, 5.41) is 7.57. The lowest BCUT2D eigenvalue weighted by atomic mass is 9.84. The van der Waals surface area contributed by atoms with Crippen molar-refractivity contribution >= 4 is 23.3 Å². The van der Waals surface area contributed by atoms with Crippen LogP contribution in [-0.2, 0) is 24.8 Å². The molecule has 7 nitrogen and oxygen atoms in total. The molecular weight excluding hydrogens is 460 g/mol. The summed E-state index contributed by atoms with van der Waals surface area (Å²) in [6.45, 7) is 2.95. The van der Waals surface area contributed by atoms with Crippen molar-refractivity contribution in [3.8, 4) is 5.19 Å². The fourth-order valence-electron chi connectivity index (χ4n) is 4.58. The zero-order chi connectivity index (χ0) is 24.1. The van der Waals surface area contributed by atoms with Gasteiger partial charge in [-0.3, -0.25) is 14.4 Å². The van der Waals surface area contributed by atoms with Crippen LogP contribution >= 0.6 is 11.3 Å². The Hall–Kier alpha value is -2.33. The molecule has 1 aliphatic heterocycles. The number of nitrogens with zero attached hydrogens (tertiary/aromatic N) is 4. The summed E-state index contributed by atoms with van der Waals surface area (Å²) in [6, 6.07) is 0.240. The number of carbonyl (C=O) groups excluding carboxylic acids is 1. The molecule has 2 aromatic rings. The lowest BCUT2D eigenvalue weighted by molar-refractivity contribution is -0.117. The molecule has 0 aromatic carbocycles. The SMILES string of the molecule is Cn1cc(/C=C/C(=O)N[C@H]2CC[C@H](CCN3CCc4sc(OCC(C)(F)F)nc4C3)CC2)cn1. The van der Waals surface area contributed by atoms with Crippen LogP contribution in [0.3, 0.4) is 0 Å². The maximum Gasteiger partial charge on any atom is 0.278 e. The van der Waals surface area contributed by atoms with E-state index in [-0.39, 0.29) is 11.9 Å². The molecule has 1 amide bonds. The van der Waals surface area contributed by atoms with Gasteiger partial charge in [0.15, 0.2) is 6.61 Å². The van der Waals surface area contributed by atoms with Gasteiger partial charge in [-0.25, -0.2) is 13.8 Å². The van der Waals surface area contributed by atoms with Crippen LogP contribution in [0.25, 0.3) is 6.08 Å². The summed E-state index contributed by atoms with van der Waals surface area (Å²) < 4.78 is 33.0. The maximum atomic E-state index is 13.0. The highest BCUT2D eigenvalue weighted by Crippen LogP contribution is 2.32. The highest BCUT2D eigenvalue weighted by molar-refractivity contribution is 7.13. The van der Waals surface area contributed by atoms with Gasteiger partial charge in [0.05, 0.1) is 11.9 Å². The minimum Gasteiger partial charge on any atom is -0.464 e. The zero-order valence-electron chi connectivity index (χ0n) is 19.8. The molecule has 1 fully saturated rings. The number of amides is 1. The molecule has 1 aliphatic carbocycles. The molecule has 0 radical (unpaired) electrons. The average molecular weight is 494 g/mol. The topological polar surface area (TPSA) is 72.3 Å². The summed E-state index contributed by atoms with van der Waals surface area (Å²) >= 11 is 1.40. The van der Waals surface area contributed by atoms with Crippen LogP contribution in [0.4, 0.5) is 8.78 Å². The molecule has 0 atom stereocenters. The largest absolute Gasteiger partial charge is 0.464 e. The Morgan fingerprint density at radius 2 is 2.15 bits per heavy atom. The van der Waals surface area contributed by atoms with E-state index < -0.39 is 12.5 Å². The van der Waals surface area contributed by atoms with Gasteiger partial charge in [-0.2, -0.15) is 5.10 Å². The van der Waals surface area contributed by atoms with Gasteiger partial charge in [0, 0.05) is 55.8 Å². The number of carbonyl (C=O) groups is 1. The average Bonchev–Trinajstić information content (AvgIpc) is 3.40. The Bertz CT molecular complexity index is 992. The monoisotopic (exact) mass is 493 g/mol. The molecule has 1 saturated carbocycles. The van der Waals surface area contributed by atoms with Crippen LogP contribution in [0.2, 0.25) is 0 Å². The lowest BCUT2D eigenvalue weighted by Gasteiger charge is -2.31. The number of ether oxygens (including phenoxy) is 1. The molecule has 3 heterocycles. The van der Waals surface area contributed by atoms with Crippen LogP contribution in [0.1, 0.15) is 55.2 Å². The van der Waals surface area contributed by atoms with E-state index in [1.165, 1.54) is 11.3 Å². The number of nitrogens with one attached hydrogen (secondary N) is 1. The third-order valence-corrected chi connectivity index (χ3v) is 7.50. The van der Waals surface area contributed by atoms with Gasteiger partial charge in [-0.05, 0) is 57.1 Å². The molecule has 4 rings (SSSR count). The predicted octanol–water partition coefficient (Wildman–Crippen LogP) is 4.05. The summed E-state index contributed by atoms with van der Waals surface area (Å²) in [5.74, 6) is -2.23. The van der Waals surface area contributed by atoms with E-state index in [0.717, 1.165) is 81.2 Å². The first-order chi connectivity index (χ1) is 16.2. The van der Waals surface area contributed by atoms with E-state index in [0.29, 0.717) is 11.1 Å². The number of halogens is 2. The molecule has 0 spiro atoms. The molecule has 2 aromatic heterocycles. The van der Waals surface area contributed by atoms with Gasteiger partial charge in [0.25, 0.3) is 11.1 Å². The van der Waals surface area contributed by atoms with Gasteiger partial charge in [-0.1, -0.05) is 11.3 Å². The van der Waals surface area contributed by atoms with E-state index in [1.807, 2.05) is 13.2 Å². The number of aryl methyl sites for hydroxylation is 1. The molecule has 0 saturated heterocycles. The maximum absolute atomic E-state index is 13.0. The van der Waals surface area contributed by atoms with E-state index in [4.69, 9.17) is 4.74 Å². The van der Waals surface area contributed by atoms with E-state index >= 15 is 0 Å². The Balaban J connectivity index is 1.15. The highest BCUT2D eigenvalue weighted by atomic mass is 32.1. The Morgan fingerprint density at radius 1 is 1.35 bits per heavy atom. The van der Waals surface area contributed by atoms with Crippen LogP contribution in [0, 0.1) is 5.92 Å². The molecule has 0 bridgehead atoms. The van der Waals surface area contributed by atoms with Crippen LogP contribution in [0.15, 0.2) is 18.5 Å². The third kappa shape index (κ3) is 7.33. The van der Waals surface area contributed by atoms with E-state index in [1.54, 1.807) is 23.0 Å². The second-order valence-electron chi connectivity index (χ2n) is 9.53. The van der Waals surface area contributed by atoms with Gasteiger partial charge in [0.2, 0.25) is 5.91 Å². The number of rotatable bonds is 9. The van der Waals surface area contributed by atoms with Crippen molar-refractivity contribution < 1.29 is 18.3 Å². The van der Waals surface area contributed by atoms with Gasteiger partial charge >= 0.3 is 0 Å². The van der Waals surface area contributed by atoms with Crippen molar-refractivity contribution in [2.75, 3.05) is 19.7 Å². The predicted molar refractivity (Wildman–Crippen MR) is 128 cm³/mol. The summed E-state index contributed by atoms with van der Waals surface area (Å²) in [6.07, 6.45) is 13.3. The molecular formula is C24H33F2N5O2S. The molecule has 0 unspecified atom stereocenters. The molecule has 1 N–H and O–H groups in total. The first kappa shape index (κ1) is 24.8. The van der Waals surface area contributed by atoms with Crippen molar-refractivity contribution in [3.63, 3.8) is 0 Å². The van der Waals surface area contributed by atoms with Gasteiger partial charge in [-0.15, -0.1) is 0 Å². The Kier molecular flexibility index (Phi) is 7.98. The minimum atomic E-state index is -2.85. The number of fused-ring (bicyclic) bond motifs is 1. The number of hydrogen-bond acceptors (Lipinski definition) is 6. The normalized spacial score (nSPS) is 21.5. The third-order valence-electron chi connectivity index (χ3n) is 6.43. The zero-order valence-corrected chi connectivity index (χ0v) is 20.6. The minimum absolute atomic E-state index is 0.0503. The lowest BCUT2D eigenvalue weighted by Crippen LogP contribution is -2.37. The summed E-state index contributed by atoms with van der Waals surface area (Å²) in [5.41, 5.74) is 1.88. The van der Waals surface area contributed by atoms with Gasteiger partial charge in [0.1, 0.15) is 0 Å². The second kappa shape index (κ2) is 10.9. The number of hydrogen-bond donors (Lipinski definition) is 1. The van der Waals surface area contributed by atoms with Gasteiger partial charge < -0.3 is 10.1 Å². The highest BCUT2D eigenvalue weighted by Gasteiger charge is 2.27. The summed E-state index contributed by atoms with van der Waals surface area (Å²) in [7, 11) is 1.85. The van der Waals surface area contributed by atoms with Crippen molar-refractivity contribution in [2.24, 2.45) is 13.0 Å². The molecule has 186 valence electrons. The first-order valence-electron chi connectivity index (χ1n) is 11.9. The molecule has 10 heteroatoms. The molecule has 2 aliphatic rings. The fourth-order valence-corrected chi connectivity index (χ4v) is 5.48. The van der Waals surface area contributed by atoms with Crippen LogP contribution in [0.5, 0.6) is 5.19 Å². The Labute approximate surface area is 203 Å². The van der Waals surface area contributed by atoms with Crippen molar-refractivity contribution in [1.82, 2.24) is 25.0 Å². The quantitative estimate of drug-likeness (QED) is 0.534. The first-order valence-corrected chi connectivity index (χ1v) is 12.7.